The number of carboxylic acids is 1. The molecule has 10 heteroatoms. The smallest absolute Gasteiger partial charge is 0.416 e. The third kappa shape index (κ3) is 8.31. The van der Waals surface area contributed by atoms with Crippen LogP contribution in [0.15, 0.2) is 89.4 Å². The molecule has 0 unspecified atom stereocenters. The maximum Gasteiger partial charge on any atom is 0.416 e. The minimum absolute atomic E-state index is 0.000844. The summed E-state index contributed by atoms with van der Waals surface area (Å²) in [5.74, 6) is -0.140. The zero-order valence-corrected chi connectivity index (χ0v) is 22.0. The van der Waals surface area contributed by atoms with Crippen molar-refractivity contribution in [2.24, 2.45) is 0 Å². The van der Waals surface area contributed by atoms with Crippen LogP contribution in [-0.4, -0.2) is 34.6 Å². The Balaban J connectivity index is 1.29. The summed E-state index contributed by atoms with van der Waals surface area (Å²) >= 11 is 0. The molecule has 1 heterocycles. The van der Waals surface area contributed by atoms with E-state index in [9.17, 15) is 27.9 Å². The summed E-state index contributed by atoms with van der Waals surface area (Å²) in [6, 6.07) is 19.6. The molecule has 212 valence electrons. The summed E-state index contributed by atoms with van der Waals surface area (Å²) in [5.41, 5.74) is 1.64. The van der Waals surface area contributed by atoms with Crippen molar-refractivity contribution >= 4 is 18.0 Å². The summed E-state index contributed by atoms with van der Waals surface area (Å²) in [6.45, 7) is 2.20. The lowest BCUT2D eigenvalue weighted by molar-refractivity contribution is -0.141. The van der Waals surface area contributed by atoms with Crippen molar-refractivity contribution in [2.75, 3.05) is 6.61 Å². The second kappa shape index (κ2) is 13.0. The molecule has 0 aliphatic rings. The second-order valence-electron chi connectivity index (χ2n) is 9.19. The Bertz CT molecular complexity index is 1510. The number of rotatable bonds is 11. The van der Waals surface area contributed by atoms with Gasteiger partial charge >= 0.3 is 12.1 Å². The number of aliphatic carboxylic acids is 1. The highest BCUT2D eigenvalue weighted by Gasteiger charge is 2.30. The van der Waals surface area contributed by atoms with E-state index >= 15 is 0 Å². The Kier molecular flexibility index (Phi) is 9.23. The van der Waals surface area contributed by atoms with E-state index in [1.165, 1.54) is 18.2 Å². The van der Waals surface area contributed by atoms with Crippen molar-refractivity contribution in [2.45, 2.75) is 32.0 Å². The zero-order valence-electron chi connectivity index (χ0n) is 22.0. The molecule has 0 bridgehead atoms. The first kappa shape index (κ1) is 29.1. The summed E-state index contributed by atoms with van der Waals surface area (Å²) in [6.07, 6.45) is -1.78. The Labute approximate surface area is 234 Å². The van der Waals surface area contributed by atoms with Gasteiger partial charge in [0.1, 0.15) is 17.6 Å². The number of nitrogens with one attached hydrogen (secondary N) is 1. The number of oxazole rings is 1. The zero-order chi connectivity index (χ0) is 29.4. The number of amides is 1. The van der Waals surface area contributed by atoms with Gasteiger partial charge in [-0.1, -0.05) is 42.5 Å². The van der Waals surface area contributed by atoms with Gasteiger partial charge in [-0.15, -0.1) is 0 Å². The van der Waals surface area contributed by atoms with Crippen molar-refractivity contribution < 1.29 is 37.0 Å². The first-order valence-corrected chi connectivity index (χ1v) is 12.7. The van der Waals surface area contributed by atoms with Gasteiger partial charge in [0.2, 0.25) is 11.8 Å². The maximum atomic E-state index is 12.9. The average Bonchev–Trinajstić information content (AvgIpc) is 3.32. The molecule has 1 atom stereocenters. The molecule has 4 aromatic rings. The van der Waals surface area contributed by atoms with Gasteiger partial charge in [0, 0.05) is 24.5 Å². The minimum atomic E-state index is -4.51. The molecular formula is C31H27F3N2O5. The lowest BCUT2D eigenvalue weighted by Crippen LogP contribution is -2.41. The van der Waals surface area contributed by atoms with Gasteiger partial charge in [-0.3, -0.25) is 4.79 Å². The minimum Gasteiger partial charge on any atom is -0.493 e. The topological polar surface area (TPSA) is 102 Å². The number of nitrogens with zero attached hydrogens (tertiary/aromatic N) is 1. The molecule has 0 saturated carbocycles. The van der Waals surface area contributed by atoms with Crippen LogP contribution in [0.2, 0.25) is 0 Å². The largest absolute Gasteiger partial charge is 0.493 e. The fourth-order valence-corrected chi connectivity index (χ4v) is 4.00. The van der Waals surface area contributed by atoms with Gasteiger partial charge < -0.3 is 19.6 Å². The summed E-state index contributed by atoms with van der Waals surface area (Å²) in [7, 11) is 0. The van der Waals surface area contributed by atoms with E-state index in [4.69, 9.17) is 9.15 Å². The second-order valence-corrected chi connectivity index (χ2v) is 9.19. The van der Waals surface area contributed by atoms with Crippen LogP contribution in [0.4, 0.5) is 13.2 Å². The Morgan fingerprint density at radius 2 is 1.78 bits per heavy atom. The highest BCUT2D eigenvalue weighted by atomic mass is 19.4. The Morgan fingerprint density at radius 3 is 2.46 bits per heavy atom. The van der Waals surface area contributed by atoms with Crippen molar-refractivity contribution in [3.63, 3.8) is 0 Å². The molecule has 41 heavy (non-hydrogen) atoms. The van der Waals surface area contributed by atoms with Crippen molar-refractivity contribution in [3.05, 3.63) is 113 Å². The summed E-state index contributed by atoms with van der Waals surface area (Å²) in [4.78, 5) is 28.6. The average molecular weight is 565 g/mol. The maximum absolute atomic E-state index is 12.9. The molecule has 0 aliphatic carbocycles. The molecular weight excluding hydrogens is 537 g/mol. The number of benzene rings is 3. The van der Waals surface area contributed by atoms with Crippen LogP contribution in [-0.2, 0) is 28.6 Å². The Hall–Kier alpha value is -4.86. The number of halogens is 3. The van der Waals surface area contributed by atoms with Gasteiger partial charge in [-0.25, -0.2) is 9.78 Å². The lowest BCUT2D eigenvalue weighted by atomic mass is 10.1. The molecule has 0 spiro atoms. The van der Waals surface area contributed by atoms with Crippen LogP contribution in [0.5, 0.6) is 5.75 Å². The molecule has 7 nitrogen and oxygen atoms in total. The van der Waals surface area contributed by atoms with Gasteiger partial charge in [0.05, 0.1) is 17.9 Å². The summed E-state index contributed by atoms with van der Waals surface area (Å²) < 4.78 is 50.2. The van der Waals surface area contributed by atoms with Crippen LogP contribution in [0.25, 0.3) is 17.5 Å². The van der Waals surface area contributed by atoms with E-state index in [0.717, 1.165) is 29.5 Å². The number of aryl methyl sites for hydroxylation is 1. The molecule has 1 aromatic heterocycles. The van der Waals surface area contributed by atoms with E-state index in [-0.39, 0.29) is 12.0 Å². The monoisotopic (exact) mass is 564 g/mol. The first-order chi connectivity index (χ1) is 19.6. The third-order valence-corrected chi connectivity index (χ3v) is 6.14. The molecule has 4 rings (SSSR count). The number of carboxylic acid groups (broad SMARTS) is 1. The Morgan fingerprint density at radius 1 is 1.05 bits per heavy atom. The van der Waals surface area contributed by atoms with Crippen LogP contribution >= 0.6 is 0 Å². The van der Waals surface area contributed by atoms with Gasteiger partial charge in [-0.05, 0) is 60.5 Å². The van der Waals surface area contributed by atoms with Crippen LogP contribution in [0.3, 0.4) is 0 Å². The standard InChI is InChI=1S/C31H27F3N2O5/c1-20-26(36-29(41-20)23-7-3-2-4-8-23)16-17-40-25-13-10-22(11-14-25)19-27(30(38)39)35-28(37)15-12-21-6-5-9-24(18-21)31(32,33)34/h2-15,18,27H,16-17,19H2,1H3,(H,35,37)(H,38,39)/b15-12+/t27-/m0/s1. The van der Waals surface area contributed by atoms with E-state index in [1.807, 2.05) is 37.3 Å². The van der Waals surface area contributed by atoms with Gasteiger partial charge in [0.15, 0.2) is 0 Å². The predicted octanol–water partition coefficient (Wildman–Crippen LogP) is 6.12. The molecule has 2 N–H and O–H groups in total. The number of alkyl halides is 3. The van der Waals surface area contributed by atoms with Crippen molar-refractivity contribution in [1.29, 1.82) is 0 Å². The SMILES string of the molecule is Cc1oc(-c2ccccc2)nc1CCOc1ccc(C[C@H](NC(=O)/C=C/c2cccc(C(F)(F)F)c2)C(=O)O)cc1. The number of hydrogen-bond acceptors (Lipinski definition) is 5. The van der Waals surface area contributed by atoms with Crippen molar-refractivity contribution in [1.82, 2.24) is 10.3 Å². The van der Waals surface area contributed by atoms with Crippen LogP contribution in [0.1, 0.15) is 28.1 Å². The normalized spacial score (nSPS) is 12.3. The highest BCUT2D eigenvalue weighted by Crippen LogP contribution is 2.29. The van der Waals surface area contributed by atoms with Gasteiger partial charge in [0.25, 0.3) is 0 Å². The van der Waals surface area contributed by atoms with Crippen molar-refractivity contribution in [3.8, 4) is 17.2 Å². The predicted molar refractivity (Wildman–Crippen MR) is 146 cm³/mol. The molecule has 1 amide bonds. The van der Waals surface area contributed by atoms with E-state index in [1.54, 1.807) is 24.3 Å². The van der Waals surface area contributed by atoms with Crippen LogP contribution in [0, 0.1) is 6.92 Å². The number of carbonyl (C=O) groups excluding carboxylic acids is 1. The van der Waals surface area contributed by atoms with Crippen LogP contribution < -0.4 is 10.1 Å². The van der Waals surface area contributed by atoms with Gasteiger partial charge in [-0.2, -0.15) is 13.2 Å². The number of ether oxygens (including phenoxy) is 1. The van der Waals surface area contributed by atoms with E-state index < -0.39 is 29.7 Å². The molecule has 0 aliphatic heterocycles. The highest BCUT2D eigenvalue weighted by molar-refractivity contribution is 5.94. The molecule has 0 saturated heterocycles. The molecule has 0 fully saturated rings. The number of carbonyl (C=O) groups is 2. The fraction of sp³-hybridized carbons (Fsp3) is 0.194. The van der Waals surface area contributed by atoms with E-state index in [0.29, 0.717) is 36.0 Å². The fourth-order valence-electron chi connectivity index (χ4n) is 4.00. The quantitative estimate of drug-likeness (QED) is 0.213. The number of aromatic nitrogens is 1. The first-order valence-electron chi connectivity index (χ1n) is 12.7. The number of hydrogen-bond donors (Lipinski definition) is 2. The molecule has 0 radical (unpaired) electrons. The van der Waals surface area contributed by atoms with E-state index in [2.05, 4.69) is 10.3 Å². The lowest BCUT2D eigenvalue weighted by Gasteiger charge is -2.14. The molecule has 3 aromatic carbocycles. The third-order valence-electron chi connectivity index (χ3n) is 6.14. The summed E-state index contributed by atoms with van der Waals surface area (Å²) in [5, 5.41) is 11.9.